The number of carbonyl (C=O) groups excluding carboxylic acids is 1. The van der Waals surface area contributed by atoms with E-state index in [1.54, 1.807) is 12.1 Å². The predicted octanol–water partition coefficient (Wildman–Crippen LogP) is 6.00. The summed E-state index contributed by atoms with van der Waals surface area (Å²) in [5.74, 6) is 0.683. The topological polar surface area (TPSA) is 49.8 Å². The van der Waals surface area contributed by atoms with Crippen LogP contribution in [-0.2, 0) is 16.0 Å². The van der Waals surface area contributed by atoms with Crippen LogP contribution in [0.15, 0.2) is 72.8 Å². The number of rotatable bonds is 5. The van der Waals surface area contributed by atoms with E-state index in [-0.39, 0.29) is 18.1 Å². The molecule has 0 saturated heterocycles. The molecule has 1 fully saturated rings. The van der Waals surface area contributed by atoms with Crippen molar-refractivity contribution in [2.24, 2.45) is 0 Å². The van der Waals surface area contributed by atoms with Gasteiger partial charge < -0.3 is 14.7 Å². The van der Waals surface area contributed by atoms with Gasteiger partial charge in [-0.2, -0.15) is 0 Å². The van der Waals surface area contributed by atoms with Crippen LogP contribution in [0.5, 0.6) is 5.75 Å². The normalized spacial score (nSPS) is 20.0. The van der Waals surface area contributed by atoms with Crippen LogP contribution in [0.25, 0.3) is 6.08 Å². The molecule has 2 aliphatic rings. The van der Waals surface area contributed by atoms with Gasteiger partial charge in [-0.05, 0) is 90.3 Å². The molecule has 33 heavy (non-hydrogen) atoms. The number of esters is 1. The first-order valence-electron chi connectivity index (χ1n) is 11.6. The Morgan fingerprint density at radius 2 is 1.70 bits per heavy atom. The van der Waals surface area contributed by atoms with Crippen molar-refractivity contribution >= 4 is 17.7 Å². The quantitative estimate of drug-likeness (QED) is 0.391. The Morgan fingerprint density at radius 3 is 2.36 bits per heavy atom. The van der Waals surface area contributed by atoms with Crippen LogP contribution in [0, 0.1) is 0 Å². The zero-order valence-electron chi connectivity index (χ0n) is 19.1. The number of phenolic OH excluding ortho intramolecular Hbond substituents is 1. The second-order valence-electron chi connectivity index (χ2n) is 9.14. The number of aromatic hydroxyl groups is 1. The molecule has 4 heteroatoms. The zero-order chi connectivity index (χ0) is 22.9. The van der Waals surface area contributed by atoms with E-state index in [0.29, 0.717) is 5.75 Å². The molecule has 0 spiro atoms. The van der Waals surface area contributed by atoms with E-state index >= 15 is 0 Å². The number of nitrogens with zero attached hydrogens (tertiary/aromatic N) is 1. The molecule has 5 rings (SSSR count). The molecular formula is C29H29NO3. The minimum atomic E-state index is -0.366. The molecule has 168 valence electrons. The predicted molar refractivity (Wildman–Crippen MR) is 132 cm³/mol. The van der Waals surface area contributed by atoms with Gasteiger partial charge in [-0.3, -0.25) is 0 Å². The number of benzene rings is 3. The molecule has 1 heterocycles. The van der Waals surface area contributed by atoms with Crippen molar-refractivity contribution in [1.82, 2.24) is 0 Å². The first-order valence-corrected chi connectivity index (χ1v) is 11.6. The summed E-state index contributed by atoms with van der Waals surface area (Å²) < 4.78 is 4.69. The SMILES string of the molecule is COC(=O)/C=C/c1ccc(C2c3ccc(O)cc3C[C@@H](C)N2c2ccc(C3CC3)cc2)cc1. The van der Waals surface area contributed by atoms with Gasteiger partial charge in [-0.1, -0.05) is 42.5 Å². The first-order chi connectivity index (χ1) is 16.0. The largest absolute Gasteiger partial charge is 0.508 e. The van der Waals surface area contributed by atoms with E-state index in [1.165, 1.54) is 54.0 Å². The molecule has 3 aromatic rings. The average molecular weight is 440 g/mol. The summed E-state index contributed by atoms with van der Waals surface area (Å²) in [6, 6.07) is 23.4. The number of phenols is 1. The molecule has 0 radical (unpaired) electrons. The molecule has 1 aliphatic carbocycles. The summed E-state index contributed by atoms with van der Waals surface area (Å²) in [7, 11) is 1.38. The lowest BCUT2D eigenvalue weighted by molar-refractivity contribution is -0.134. The van der Waals surface area contributed by atoms with Gasteiger partial charge in [0, 0.05) is 17.8 Å². The first kappa shape index (κ1) is 21.3. The summed E-state index contributed by atoms with van der Waals surface area (Å²) >= 11 is 0. The highest BCUT2D eigenvalue weighted by Gasteiger charge is 2.34. The molecule has 0 aromatic heterocycles. The monoisotopic (exact) mass is 439 g/mol. The molecule has 0 bridgehead atoms. The van der Waals surface area contributed by atoms with Crippen LogP contribution >= 0.6 is 0 Å². The van der Waals surface area contributed by atoms with Crippen molar-refractivity contribution < 1.29 is 14.6 Å². The summed E-state index contributed by atoms with van der Waals surface area (Å²) in [5, 5.41) is 10.1. The van der Waals surface area contributed by atoms with E-state index in [2.05, 4.69) is 59.0 Å². The Hall–Kier alpha value is -3.53. The molecular weight excluding hydrogens is 410 g/mol. The number of methoxy groups -OCH3 is 1. The van der Waals surface area contributed by atoms with E-state index in [9.17, 15) is 9.90 Å². The Balaban J connectivity index is 1.54. The Labute approximate surface area is 195 Å². The number of hydrogen-bond acceptors (Lipinski definition) is 4. The van der Waals surface area contributed by atoms with Crippen molar-refractivity contribution in [2.75, 3.05) is 12.0 Å². The van der Waals surface area contributed by atoms with Crippen molar-refractivity contribution in [1.29, 1.82) is 0 Å². The summed E-state index contributed by atoms with van der Waals surface area (Å²) in [6.45, 7) is 2.25. The Kier molecular flexibility index (Phi) is 5.67. The zero-order valence-corrected chi connectivity index (χ0v) is 19.1. The van der Waals surface area contributed by atoms with E-state index in [4.69, 9.17) is 0 Å². The number of hydrogen-bond donors (Lipinski definition) is 1. The number of ether oxygens (including phenoxy) is 1. The fraction of sp³-hybridized carbons (Fsp3) is 0.276. The molecule has 1 N–H and O–H groups in total. The fourth-order valence-electron chi connectivity index (χ4n) is 4.96. The van der Waals surface area contributed by atoms with Crippen LogP contribution < -0.4 is 4.90 Å². The highest BCUT2D eigenvalue weighted by molar-refractivity contribution is 5.86. The third-order valence-corrected chi connectivity index (χ3v) is 6.79. The average Bonchev–Trinajstić information content (AvgIpc) is 3.68. The molecule has 1 aliphatic heterocycles. The van der Waals surface area contributed by atoms with Gasteiger partial charge in [-0.15, -0.1) is 0 Å². The Morgan fingerprint density at radius 1 is 1.00 bits per heavy atom. The second kappa shape index (κ2) is 8.78. The van der Waals surface area contributed by atoms with Crippen molar-refractivity contribution in [3.05, 3.63) is 101 Å². The van der Waals surface area contributed by atoms with E-state index < -0.39 is 0 Å². The van der Waals surface area contributed by atoms with Crippen LogP contribution in [0.2, 0.25) is 0 Å². The smallest absolute Gasteiger partial charge is 0.330 e. The third kappa shape index (κ3) is 4.38. The molecule has 0 amide bonds. The Bertz CT molecular complexity index is 1180. The maximum Gasteiger partial charge on any atom is 0.330 e. The standard InChI is InChI=1S/C29H29NO3/c1-19-17-24-18-26(31)14-15-27(24)29(23-6-3-20(4-7-23)5-16-28(32)33-2)30(19)25-12-10-22(11-13-25)21-8-9-21/h3-7,10-16,18-19,21,29,31H,8-9,17H2,1-2H3/b16-5+/t19-,29?/m1/s1. The minimum absolute atomic E-state index is 0.0368. The van der Waals surface area contributed by atoms with Crippen LogP contribution in [0.1, 0.15) is 59.5 Å². The maximum atomic E-state index is 11.4. The summed E-state index contributed by atoms with van der Waals surface area (Å²) in [5.41, 5.74) is 7.18. The number of fused-ring (bicyclic) bond motifs is 1. The highest BCUT2D eigenvalue weighted by Crippen LogP contribution is 2.44. The minimum Gasteiger partial charge on any atom is -0.508 e. The maximum absolute atomic E-state index is 11.4. The van der Waals surface area contributed by atoms with E-state index in [0.717, 1.165) is 17.9 Å². The van der Waals surface area contributed by atoms with Crippen molar-refractivity contribution in [2.45, 2.75) is 44.2 Å². The van der Waals surface area contributed by atoms with E-state index in [1.807, 2.05) is 18.2 Å². The van der Waals surface area contributed by atoms with Gasteiger partial charge >= 0.3 is 5.97 Å². The summed E-state index contributed by atoms with van der Waals surface area (Å²) in [6.07, 6.45) is 6.68. The lowest BCUT2D eigenvalue weighted by atomic mass is 9.84. The van der Waals surface area contributed by atoms with Gasteiger partial charge in [-0.25, -0.2) is 4.79 Å². The lowest BCUT2D eigenvalue weighted by Gasteiger charge is -2.44. The van der Waals surface area contributed by atoms with Gasteiger partial charge in [0.2, 0.25) is 0 Å². The van der Waals surface area contributed by atoms with Gasteiger partial charge in [0.05, 0.1) is 13.2 Å². The van der Waals surface area contributed by atoms with Gasteiger partial charge in [0.1, 0.15) is 5.75 Å². The van der Waals surface area contributed by atoms with Gasteiger partial charge in [0.15, 0.2) is 0 Å². The van der Waals surface area contributed by atoms with Crippen LogP contribution in [-0.4, -0.2) is 24.2 Å². The number of anilines is 1. The van der Waals surface area contributed by atoms with Gasteiger partial charge in [0.25, 0.3) is 0 Å². The molecule has 1 unspecified atom stereocenters. The molecule has 4 nitrogen and oxygen atoms in total. The highest BCUT2D eigenvalue weighted by atomic mass is 16.5. The number of carbonyl (C=O) groups is 1. The van der Waals surface area contributed by atoms with Crippen molar-refractivity contribution in [3.8, 4) is 5.75 Å². The lowest BCUT2D eigenvalue weighted by Crippen LogP contribution is -2.42. The van der Waals surface area contributed by atoms with Crippen molar-refractivity contribution in [3.63, 3.8) is 0 Å². The molecule has 2 atom stereocenters. The molecule has 1 saturated carbocycles. The fourth-order valence-corrected chi connectivity index (χ4v) is 4.96. The second-order valence-corrected chi connectivity index (χ2v) is 9.14. The molecule has 3 aromatic carbocycles. The van der Waals surface area contributed by atoms with Crippen LogP contribution in [0.3, 0.4) is 0 Å². The third-order valence-electron chi connectivity index (χ3n) is 6.79. The van der Waals surface area contributed by atoms with Crippen LogP contribution in [0.4, 0.5) is 5.69 Å². The summed E-state index contributed by atoms with van der Waals surface area (Å²) in [4.78, 5) is 13.9.